The monoisotopic (exact) mass is 319 g/mol. The molecule has 1 saturated carbocycles. The van der Waals surface area contributed by atoms with E-state index in [4.69, 9.17) is 0 Å². The molecule has 118 valence electrons. The predicted octanol–water partition coefficient (Wildman–Crippen LogP) is 2.68. The number of hydrogen-bond acceptors (Lipinski definition) is 3. The van der Waals surface area contributed by atoms with E-state index < -0.39 is 15.4 Å². The molecule has 1 aromatic rings. The van der Waals surface area contributed by atoms with Crippen LogP contribution in [0.4, 0.5) is 0 Å². The van der Waals surface area contributed by atoms with Gasteiger partial charge < -0.3 is 0 Å². The van der Waals surface area contributed by atoms with Gasteiger partial charge in [0.2, 0.25) is 10.0 Å². The van der Waals surface area contributed by atoms with Crippen LogP contribution in [0.2, 0.25) is 0 Å². The second-order valence-electron chi connectivity index (χ2n) is 6.40. The van der Waals surface area contributed by atoms with Crippen molar-refractivity contribution in [3.8, 4) is 0 Å². The summed E-state index contributed by atoms with van der Waals surface area (Å²) < 4.78 is 27.5. The summed E-state index contributed by atoms with van der Waals surface area (Å²) in [6, 6.07) is 6.62. The number of aryl methyl sites for hydroxylation is 1. The van der Waals surface area contributed by atoms with E-state index >= 15 is 0 Å². The van der Waals surface area contributed by atoms with Crippen LogP contribution in [0.3, 0.4) is 0 Å². The number of rotatable bonds is 2. The fourth-order valence-electron chi connectivity index (χ4n) is 3.50. The Hall–Kier alpha value is -1.46. The minimum atomic E-state index is -3.58. The highest BCUT2D eigenvalue weighted by Crippen LogP contribution is 2.42. The van der Waals surface area contributed by atoms with E-state index in [0.29, 0.717) is 17.9 Å². The Labute approximate surface area is 131 Å². The quantitative estimate of drug-likeness (QED) is 0.788. The first-order chi connectivity index (χ1) is 10.4. The Balaban J connectivity index is 2.02. The average molecular weight is 319 g/mol. The van der Waals surface area contributed by atoms with Gasteiger partial charge in [0, 0.05) is 19.0 Å². The summed E-state index contributed by atoms with van der Waals surface area (Å²) in [5.74, 6) is 0.142. The van der Waals surface area contributed by atoms with Gasteiger partial charge in [-0.1, -0.05) is 29.8 Å². The number of benzene rings is 1. The minimum Gasteiger partial charge on any atom is -0.299 e. The van der Waals surface area contributed by atoms with Gasteiger partial charge in [0.25, 0.3) is 0 Å². The Kier molecular flexibility index (Phi) is 3.73. The SMILES string of the molecule is Cc1ccc(S(=O)(=O)N2CC=CC3(C)C(=O)CCCC23)cc1. The van der Waals surface area contributed by atoms with Gasteiger partial charge in [-0.05, 0) is 38.8 Å². The lowest BCUT2D eigenvalue weighted by Crippen LogP contribution is -2.56. The van der Waals surface area contributed by atoms with E-state index in [1.165, 1.54) is 4.31 Å². The molecule has 1 aliphatic carbocycles. The number of fused-ring (bicyclic) bond motifs is 1. The van der Waals surface area contributed by atoms with E-state index in [2.05, 4.69) is 0 Å². The normalized spacial score (nSPS) is 29.4. The summed E-state index contributed by atoms with van der Waals surface area (Å²) >= 11 is 0. The molecule has 1 heterocycles. The van der Waals surface area contributed by atoms with Crippen LogP contribution in [0.25, 0.3) is 0 Å². The topological polar surface area (TPSA) is 54.5 Å². The number of sulfonamides is 1. The highest BCUT2D eigenvalue weighted by atomic mass is 32.2. The molecule has 0 spiro atoms. The van der Waals surface area contributed by atoms with Gasteiger partial charge in [-0.3, -0.25) is 4.79 Å². The fourth-order valence-corrected chi connectivity index (χ4v) is 5.19. The maximum Gasteiger partial charge on any atom is 0.243 e. The lowest BCUT2D eigenvalue weighted by molar-refractivity contribution is -0.130. The van der Waals surface area contributed by atoms with Crippen LogP contribution >= 0.6 is 0 Å². The number of carbonyl (C=O) groups excluding carboxylic acids is 1. The first-order valence-electron chi connectivity index (χ1n) is 7.65. The molecule has 3 rings (SSSR count). The lowest BCUT2D eigenvalue weighted by Gasteiger charge is -2.46. The third kappa shape index (κ3) is 2.32. The third-order valence-electron chi connectivity index (χ3n) is 4.90. The summed E-state index contributed by atoms with van der Waals surface area (Å²) in [6.07, 6.45) is 5.74. The van der Waals surface area contributed by atoms with Crippen molar-refractivity contribution in [1.29, 1.82) is 0 Å². The summed E-state index contributed by atoms with van der Waals surface area (Å²) in [6.45, 7) is 4.13. The summed E-state index contributed by atoms with van der Waals surface area (Å²) in [5, 5.41) is 0. The molecule has 2 atom stereocenters. The molecule has 4 nitrogen and oxygen atoms in total. The number of ketones is 1. The zero-order valence-corrected chi connectivity index (χ0v) is 13.8. The molecule has 2 unspecified atom stereocenters. The van der Waals surface area contributed by atoms with Gasteiger partial charge in [-0.25, -0.2) is 8.42 Å². The van der Waals surface area contributed by atoms with Crippen LogP contribution in [-0.4, -0.2) is 31.1 Å². The molecule has 0 saturated heterocycles. The van der Waals surface area contributed by atoms with Crippen LogP contribution in [0.5, 0.6) is 0 Å². The Morgan fingerprint density at radius 2 is 1.91 bits per heavy atom. The molecule has 1 aliphatic heterocycles. The largest absolute Gasteiger partial charge is 0.299 e. The van der Waals surface area contributed by atoms with Gasteiger partial charge in [-0.2, -0.15) is 4.31 Å². The van der Waals surface area contributed by atoms with Gasteiger partial charge in [0.15, 0.2) is 0 Å². The predicted molar refractivity (Wildman–Crippen MR) is 85.0 cm³/mol. The van der Waals surface area contributed by atoms with E-state index in [-0.39, 0.29) is 11.8 Å². The Morgan fingerprint density at radius 1 is 1.23 bits per heavy atom. The van der Waals surface area contributed by atoms with E-state index in [9.17, 15) is 13.2 Å². The summed E-state index contributed by atoms with van der Waals surface area (Å²) in [7, 11) is -3.58. The number of carbonyl (C=O) groups is 1. The highest BCUT2D eigenvalue weighted by Gasteiger charge is 2.49. The van der Waals surface area contributed by atoms with Gasteiger partial charge in [-0.15, -0.1) is 0 Å². The molecule has 0 N–H and O–H groups in total. The molecule has 2 aliphatic rings. The fraction of sp³-hybridized carbons (Fsp3) is 0.471. The van der Waals surface area contributed by atoms with Gasteiger partial charge in [0.05, 0.1) is 10.3 Å². The number of hydrogen-bond donors (Lipinski definition) is 0. The molecule has 0 radical (unpaired) electrons. The first kappa shape index (κ1) is 15.4. The molecule has 0 bridgehead atoms. The maximum absolute atomic E-state index is 13.0. The molecular formula is C17H21NO3S. The van der Waals surface area contributed by atoms with E-state index in [1.54, 1.807) is 24.3 Å². The van der Waals surface area contributed by atoms with E-state index in [1.807, 2.05) is 26.0 Å². The first-order valence-corrected chi connectivity index (χ1v) is 9.09. The van der Waals surface area contributed by atoms with Crippen molar-refractivity contribution in [2.24, 2.45) is 5.41 Å². The molecule has 0 aromatic heterocycles. The molecule has 1 aromatic carbocycles. The lowest BCUT2D eigenvalue weighted by atomic mass is 9.69. The number of nitrogens with zero attached hydrogens (tertiary/aromatic N) is 1. The van der Waals surface area contributed by atoms with Crippen molar-refractivity contribution in [3.63, 3.8) is 0 Å². The average Bonchev–Trinajstić information content (AvgIpc) is 2.48. The zero-order valence-electron chi connectivity index (χ0n) is 13.0. The molecule has 22 heavy (non-hydrogen) atoms. The van der Waals surface area contributed by atoms with Crippen LogP contribution in [0, 0.1) is 12.3 Å². The summed E-state index contributed by atoms with van der Waals surface area (Å²) in [4.78, 5) is 12.6. The van der Waals surface area contributed by atoms with Gasteiger partial charge >= 0.3 is 0 Å². The molecule has 0 amide bonds. The van der Waals surface area contributed by atoms with Crippen molar-refractivity contribution < 1.29 is 13.2 Å². The van der Waals surface area contributed by atoms with Crippen molar-refractivity contribution in [3.05, 3.63) is 42.0 Å². The van der Waals surface area contributed by atoms with Crippen LogP contribution in [-0.2, 0) is 14.8 Å². The molecular weight excluding hydrogens is 298 g/mol. The van der Waals surface area contributed by atoms with Crippen LogP contribution in [0.15, 0.2) is 41.3 Å². The van der Waals surface area contributed by atoms with Crippen molar-refractivity contribution >= 4 is 15.8 Å². The standard InChI is InChI=1S/C17H21NO3S/c1-13-7-9-14(10-8-13)22(20,21)18-12-4-11-17(2)15(18)5-3-6-16(17)19/h4,7-11,15H,3,5-6,12H2,1-2H3. The second-order valence-corrected chi connectivity index (χ2v) is 8.29. The second kappa shape index (κ2) is 5.32. The van der Waals surface area contributed by atoms with Crippen molar-refractivity contribution in [2.45, 2.75) is 44.0 Å². The zero-order chi connectivity index (χ0) is 16.0. The summed E-state index contributed by atoms with van der Waals surface area (Å²) in [5.41, 5.74) is 0.337. The van der Waals surface area contributed by atoms with Crippen molar-refractivity contribution in [1.82, 2.24) is 4.31 Å². The van der Waals surface area contributed by atoms with Gasteiger partial charge in [0.1, 0.15) is 5.78 Å². The Bertz CT molecular complexity index is 721. The smallest absolute Gasteiger partial charge is 0.243 e. The number of Topliss-reactive ketones (excluding diaryl/α,β-unsaturated/α-hetero) is 1. The molecule has 1 fully saturated rings. The van der Waals surface area contributed by atoms with Crippen LogP contribution < -0.4 is 0 Å². The minimum absolute atomic E-state index is 0.142. The Morgan fingerprint density at radius 3 is 2.59 bits per heavy atom. The maximum atomic E-state index is 13.0. The molecule has 5 heteroatoms. The van der Waals surface area contributed by atoms with Crippen molar-refractivity contribution in [2.75, 3.05) is 6.54 Å². The third-order valence-corrected chi connectivity index (χ3v) is 6.79. The van der Waals surface area contributed by atoms with Crippen LogP contribution in [0.1, 0.15) is 31.7 Å². The van der Waals surface area contributed by atoms with E-state index in [0.717, 1.165) is 18.4 Å². The highest BCUT2D eigenvalue weighted by molar-refractivity contribution is 7.89.